The Hall–Kier alpha value is -2.73. The Morgan fingerprint density at radius 2 is 2.17 bits per heavy atom. The highest BCUT2D eigenvalue weighted by atomic mass is 35.5. The molecule has 7 heteroatoms. The van der Waals surface area contributed by atoms with Gasteiger partial charge in [0.05, 0.1) is 25.0 Å². The first-order valence-corrected chi connectivity index (χ1v) is 7.62. The van der Waals surface area contributed by atoms with Crippen molar-refractivity contribution in [3.05, 3.63) is 52.5 Å². The fourth-order valence-electron chi connectivity index (χ4n) is 2.03. The van der Waals surface area contributed by atoms with Gasteiger partial charge < -0.3 is 15.2 Å². The van der Waals surface area contributed by atoms with Gasteiger partial charge in [-0.1, -0.05) is 17.7 Å². The summed E-state index contributed by atoms with van der Waals surface area (Å²) in [4.78, 5) is 12.0. The SMILES string of the molecule is CCOc1cc(/C=N\NC(=O)c2cccc(N)c2)cc(Cl)c1OC. The Morgan fingerprint density at radius 1 is 1.38 bits per heavy atom. The van der Waals surface area contributed by atoms with Crippen LogP contribution >= 0.6 is 11.6 Å². The van der Waals surface area contributed by atoms with Crippen LogP contribution < -0.4 is 20.6 Å². The lowest BCUT2D eigenvalue weighted by Gasteiger charge is -2.11. The molecule has 2 rings (SSSR count). The fourth-order valence-corrected chi connectivity index (χ4v) is 2.33. The molecule has 0 fully saturated rings. The summed E-state index contributed by atoms with van der Waals surface area (Å²) < 4.78 is 10.7. The van der Waals surface area contributed by atoms with Crippen molar-refractivity contribution >= 4 is 29.4 Å². The molecule has 0 radical (unpaired) electrons. The number of hydrogen-bond acceptors (Lipinski definition) is 5. The van der Waals surface area contributed by atoms with Crippen molar-refractivity contribution in [1.29, 1.82) is 0 Å². The quantitative estimate of drug-likeness (QED) is 0.477. The second-order valence-electron chi connectivity index (χ2n) is 4.79. The predicted octanol–water partition coefficient (Wildman–Crippen LogP) is 3.09. The minimum absolute atomic E-state index is 0.358. The van der Waals surface area contributed by atoms with Gasteiger partial charge in [-0.3, -0.25) is 4.79 Å². The highest BCUT2D eigenvalue weighted by Crippen LogP contribution is 2.35. The number of ether oxygens (including phenoxy) is 2. The van der Waals surface area contributed by atoms with Gasteiger partial charge in [0.1, 0.15) is 0 Å². The van der Waals surface area contributed by atoms with Gasteiger partial charge >= 0.3 is 0 Å². The van der Waals surface area contributed by atoms with Crippen LogP contribution in [0.4, 0.5) is 5.69 Å². The van der Waals surface area contributed by atoms with Gasteiger partial charge in [-0.25, -0.2) is 5.43 Å². The number of nitrogens with two attached hydrogens (primary N) is 1. The molecule has 0 spiro atoms. The summed E-state index contributed by atoms with van der Waals surface area (Å²) in [6.45, 7) is 2.33. The molecule has 0 saturated heterocycles. The van der Waals surface area contributed by atoms with Crippen LogP contribution in [0.25, 0.3) is 0 Å². The third-order valence-corrected chi connectivity index (χ3v) is 3.35. The van der Waals surface area contributed by atoms with E-state index in [2.05, 4.69) is 10.5 Å². The zero-order valence-electron chi connectivity index (χ0n) is 13.4. The maximum Gasteiger partial charge on any atom is 0.271 e. The Balaban J connectivity index is 2.12. The van der Waals surface area contributed by atoms with E-state index in [0.717, 1.165) is 0 Å². The van der Waals surface area contributed by atoms with Crippen LogP contribution in [0, 0.1) is 0 Å². The third kappa shape index (κ3) is 4.39. The van der Waals surface area contributed by atoms with E-state index in [1.165, 1.54) is 13.3 Å². The summed E-state index contributed by atoms with van der Waals surface area (Å²) in [5.41, 5.74) is 9.68. The van der Waals surface area contributed by atoms with Crippen molar-refractivity contribution in [2.75, 3.05) is 19.5 Å². The molecule has 6 nitrogen and oxygen atoms in total. The van der Waals surface area contributed by atoms with Crippen molar-refractivity contribution in [1.82, 2.24) is 5.43 Å². The number of methoxy groups -OCH3 is 1. The number of carbonyl (C=O) groups excluding carboxylic acids is 1. The molecule has 24 heavy (non-hydrogen) atoms. The lowest BCUT2D eigenvalue weighted by Crippen LogP contribution is -2.17. The first-order valence-electron chi connectivity index (χ1n) is 7.24. The van der Waals surface area contributed by atoms with Crippen molar-refractivity contribution in [2.45, 2.75) is 6.92 Å². The lowest BCUT2D eigenvalue weighted by atomic mass is 10.2. The maximum atomic E-state index is 12.0. The molecular formula is C17H18ClN3O3. The highest BCUT2D eigenvalue weighted by Gasteiger charge is 2.11. The van der Waals surface area contributed by atoms with Gasteiger partial charge in [0.25, 0.3) is 5.91 Å². The number of rotatable bonds is 6. The zero-order chi connectivity index (χ0) is 17.5. The van der Waals surface area contributed by atoms with E-state index in [0.29, 0.717) is 39.9 Å². The third-order valence-electron chi connectivity index (χ3n) is 3.06. The molecule has 1 amide bonds. The largest absolute Gasteiger partial charge is 0.491 e. The number of nitrogen functional groups attached to an aromatic ring is 1. The number of amides is 1. The number of nitrogens with one attached hydrogen (secondary N) is 1. The summed E-state index contributed by atoms with van der Waals surface area (Å²) in [5.74, 6) is 0.610. The van der Waals surface area contributed by atoms with Crippen LogP contribution in [0.15, 0.2) is 41.5 Å². The van der Waals surface area contributed by atoms with Crippen molar-refractivity contribution in [3.63, 3.8) is 0 Å². The predicted molar refractivity (Wildman–Crippen MR) is 95.1 cm³/mol. The molecular weight excluding hydrogens is 330 g/mol. The van der Waals surface area contributed by atoms with Gasteiger partial charge in [0, 0.05) is 11.3 Å². The summed E-state index contributed by atoms with van der Waals surface area (Å²) in [6.07, 6.45) is 1.47. The Labute approximate surface area is 145 Å². The minimum atomic E-state index is -0.358. The second kappa shape index (κ2) is 8.21. The minimum Gasteiger partial charge on any atom is -0.491 e. The molecule has 0 aliphatic carbocycles. The molecule has 0 aliphatic rings. The van der Waals surface area contributed by atoms with Crippen LogP contribution in [0.3, 0.4) is 0 Å². The molecule has 0 saturated carbocycles. The highest BCUT2D eigenvalue weighted by molar-refractivity contribution is 6.32. The molecule has 0 bridgehead atoms. The number of carbonyl (C=O) groups is 1. The Morgan fingerprint density at radius 3 is 2.83 bits per heavy atom. The van der Waals surface area contributed by atoms with Gasteiger partial charge in [0.2, 0.25) is 0 Å². The van der Waals surface area contributed by atoms with E-state index < -0.39 is 0 Å². The Kier molecular flexibility index (Phi) is 6.03. The van der Waals surface area contributed by atoms with Crippen LogP contribution in [0.5, 0.6) is 11.5 Å². The molecule has 0 aromatic heterocycles. The number of nitrogens with zero attached hydrogens (tertiary/aromatic N) is 1. The summed E-state index contributed by atoms with van der Waals surface area (Å²) in [7, 11) is 1.52. The summed E-state index contributed by atoms with van der Waals surface area (Å²) in [5, 5.41) is 4.32. The molecule has 2 aromatic rings. The average molecular weight is 348 g/mol. The van der Waals surface area contributed by atoms with Crippen molar-refractivity contribution in [3.8, 4) is 11.5 Å². The Bertz CT molecular complexity index is 763. The van der Waals surface area contributed by atoms with Crippen LogP contribution in [0.2, 0.25) is 5.02 Å². The first kappa shape index (κ1) is 17.6. The van der Waals surface area contributed by atoms with E-state index in [-0.39, 0.29) is 5.91 Å². The number of halogens is 1. The van der Waals surface area contributed by atoms with Crippen LogP contribution in [-0.2, 0) is 0 Å². The molecule has 3 N–H and O–H groups in total. The number of hydrogen-bond donors (Lipinski definition) is 2. The van der Waals surface area contributed by atoms with E-state index in [1.807, 2.05) is 6.92 Å². The van der Waals surface area contributed by atoms with Crippen molar-refractivity contribution < 1.29 is 14.3 Å². The van der Waals surface area contributed by atoms with Gasteiger partial charge in [-0.15, -0.1) is 0 Å². The topological polar surface area (TPSA) is 85.9 Å². The van der Waals surface area contributed by atoms with E-state index in [4.69, 9.17) is 26.8 Å². The molecule has 0 heterocycles. The molecule has 2 aromatic carbocycles. The van der Waals surface area contributed by atoms with E-state index in [1.54, 1.807) is 36.4 Å². The average Bonchev–Trinajstić information content (AvgIpc) is 2.55. The van der Waals surface area contributed by atoms with Gasteiger partial charge in [-0.05, 0) is 42.8 Å². The maximum absolute atomic E-state index is 12.0. The molecule has 0 atom stereocenters. The van der Waals surface area contributed by atoms with Crippen molar-refractivity contribution in [2.24, 2.45) is 5.10 Å². The summed E-state index contributed by atoms with van der Waals surface area (Å²) >= 11 is 6.16. The lowest BCUT2D eigenvalue weighted by molar-refractivity contribution is 0.0955. The van der Waals surface area contributed by atoms with E-state index >= 15 is 0 Å². The molecule has 0 unspecified atom stereocenters. The number of benzene rings is 2. The van der Waals surface area contributed by atoms with Gasteiger partial charge in [-0.2, -0.15) is 5.10 Å². The first-order chi connectivity index (χ1) is 11.5. The monoisotopic (exact) mass is 347 g/mol. The summed E-state index contributed by atoms with van der Waals surface area (Å²) in [6, 6.07) is 10.0. The van der Waals surface area contributed by atoms with Gasteiger partial charge in [0.15, 0.2) is 11.5 Å². The standard InChI is InChI=1S/C17H18ClN3O3/c1-3-24-15-8-11(7-14(18)16(15)23-2)10-20-21-17(22)12-5-4-6-13(19)9-12/h4-10H,3,19H2,1-2H3,(H,21,22)/b20-10-. The zero-order valence-corrected chi connectivity index (χ0v) is 14.1. The fraction of sp³-hybridized carbons (Fsp3) is 0.176. The molecule has 0 aliphatic heterocycles. The van der Waals surface area contributed by atoms with Crippen LogP contribution in [-0.4, -0.2) is 25.8 Å². The number of hydrazone groups is 1. The van der Waals surface area contributed by atoms with E-state index in [9.17, 15) is 4.79 Å². The second-order valence-corrected chi connectivity index (χ2v) is 5.20. The smallest absolute Gasteiger partial charge is 0.271 e. The number of anilines is 1. The van der Waals surface area contributed by atoms with Crippen LogP contribution in [0.1, 0.15) is 22.8 Å². The molecule has 126 valence electrons. The normalized spacial score (nSPS) is 10.6.